The molecule has 68 valence electrons. The van der Waals surface area contributed by atoms with Gasteiger partial charge in [-0.05, 0) is 12.1 Å². The van der Waals surface area contributed by atoms with Crippen molar-refractivity contribution in [2.24, 2.45) is 4.99 Å². The Morgan fingerprint density at radius 1 is 1.43 bits per heavy atom. The van der Waals surface area contributed by atoms with Crippen LogP contribution in [0.4, 0.5) is 5.69 Å². The van der Waals surface area contributed by atoms with Crippen molar-refractivity contribution in [2.75, 3.05) is 0 Å². The van der Waals surface area contributed by atoms with Gasteiger partial charge in [0.1, 0.15) is 0 Å². The second-order valence-electron chi connectivity index (χ2n) is 2.72. The van der Waals surface area contributed by atoms with Crippen molar-refractivity contribution in [1.29, 1.82) is 0 Å². The summed E-state index contributed by atoms with van der Waals surface area (Å²) < 4.78 is 0. The number of aromatic nitrogens is 2. The molecule has 1 N–H and O–H groups in total. The van der Waals surface area contributed by atoms with E-state index in [1.807, 2.05) is 12.1 Å². The summed E-state index contributed by atoms with van der Waals surface area (Å²) in [5, 5.41) is 0. The number of nitrogens with zero attached hydrogens (tertiary/aromatic N) is 2. The highest BCUT2D eigenvalue weighted by Gasteiger charge is 1.98. The summed E-state index contributed by atoms with van der Waals surface area (Å²) in [6, 6.07) is 7.27. The Balaban J connectivity index is 2.45. The molecule has 4 heteroatoms. The fourth-order valence-electron chi connectivity index (χ4n) is 1.21. The monoisotopic (exact) mass is 185 g/mol. The van der Waals surface area contributed by atoms with Gasteiger partial charge in [-0.3, -0.25) is 0 Å². The van der Waals surface area contributed by atoms with Crippen LogP contribution in [-0.2, 0) is 4.79 Å². The smallest absolute Gasteiger partial charge is 0.240 e. The Labute approximate surface area is 80.3 Å². The first kappa shape index (κ1) is 8.41. The van der Waals surface area contributed by atoms with E-state index in [0.29, 0.717) is 5.69 Å². The van der Waals surface area contributed by atoms with Gasteiger partial charge in [-0.15, -0.1) is 0 Å². The van der Waals surface area contributed by atoms with E-state index < -0.39 is 0 Å². The molecule has 0 spiro atoms. The third kappa shape index (κ3) is 1.60. The van der Waals surface area contributed by atoms with Gasteiger partial charge in [0.2, 0.25) is 6.08 Å². The van der Waals surface area contributed by atoms with Crippen molar-refractivity contribution < 1.29 is 4.79 Å². The van der Waals surface area contributed by atoms with Crippen molar-refractivity contribution in [3.8, 4) is 11.3 Å². The zero-order chi connectivity index (χ0) is 9.80. The lowest BCUT2D eigenvalue weighted by Crippen LogP contribution is -1.75. The average molecular weight is 185 g/mol. The van der Waals surface area contributed by atoms with Gasteiger partial charge in [-0.2, -0.15) is 4.99 Å². The molecule has 4 nitrogen and oxygen atoms in total. The fraction of sp³-hybridized carbons (Fsp3) is 0. The molecule has 14 heavy (non-hydrogen) atoms. The average Bonchev–Trinajstić information content (AvgIpc) is 2.71. The normalized spacial score (nSPS) is 9.43. The first-order valence-corrected chi connectivity index (χ1v) is 4.07. The number of benzene rings is 1. The number of carbonyl (C=O) groups excluding carboxylic acids is 1. The van der Waals surface area contributed by atoms with E-state index in [4.69, 9.17) is 0 Å². The number of nitrogens with one attached hydrogen (secondary N) is 1. The SMILES string of the molecule is O=C=Nc1cccc(-c2cnc[nH]2)c1. The highest BCUT2D eigenvalue weighted by molar-refractivity contribution is 5.64. The zero-order valence-electron chi connectivity index (χ0n) is 7.27. The summed E-state index contributed by atoms with van der Waals surface area (Å²) in [5.41, 5.74) is 2.43. The highest BCUT2D eigenvalue weighted by Crippen LogP contribution is 2.21. The molecule has 0 aliphatic rings. The summed E-state index contributed by atoms with van der Waals surface area (Å²) in [7, 11) is 0. The molecule has 0 atom stereocenters. The van der Waals surface area contributed by atoms with Crippen LogP contribution in [0.15, 0.2) is 41.8 Å². The number of H-pyrrole nitrogens is 1. The van der Waals surface area contributed by atoms with Crippen LogP contribution in [0, 0.1) is 0 Å². The first-order chi connectivity index (χ1) is 6.90. The molecule has 0 saturated heterocycles. The summed E-state index contributed by atoms with van der Waals surface area (Å²) in [6.45, 7) is 0. The molecule has 2 rings (SSSR count). The van der Waals surface area contributed by atoms with Crippen LogP contribution in [-0.4, -0.2) is 16.0 Å². The van der Waals surface area contributed by atoms with Crippen molar-refractivity contribution in [2.45, 2.75) is 0 Å². The summed E-state index contributed by atoms with van der Waals surface area (Å²) in [6.07, 6.45) is 4.82. The molecular weight excluding hydrogens is 178 g/mol. The van der Waals surface area contributed by atoms with Crippen LogP contribution < -0.4 is 0 Å². The Hall–Kier alpha value is -2.19. The van der Waals surface area contributed by atoms with Crippen molar-refractivity contribution in [3.63, 3.8) is 0 Å². The maximum atomic E-state index is 10.1. The van der Waals surface area contributed by atoms with Gasteiger partial charge >= 0.3 is 0 Å². The van der Waals surface area contributed by atoms with Crippen molar-refractivity contribution >= 4 is 11.8 Å². The first-order valence-electron chi connectivity index (χ1n) is 4.07. The van der Waals surface area contributed by atoms with Crippen molar-refractivity contribution in [1.82, 2.24) is 9.97 Å². The van der Waals surface area contributed by atoms with Gasteiger partial charge in [-0.1, -0.05) is 12.1 Å². The quantitative estimate of drug-likeness (QED) is 0.575. The van der Waals surface area contributed by atoms with E-state index in [9.17, 15) is 4.79 Å². The molecule has 1 aromatic carbocycles. The van der Waals surface area contributed by atoms with Crippen LogP contribution in [0.1, 0.15) is 0 Å². The number of rotatable bonds is 2. The highest BCUT2D eigenvalue weighted by atomic mass is 16.1. The summed E-state index contributed by atoms with van der Waals surface area (Å²) in [5.74, 6) is 0. The largest absolute Gasteiger partial charge is 0.345 e. The van der Waals surface area contributed by atoms with E-state index >= 15 is 0 Å². The van der Waals surface area contributed by atoms with E-state index in [1.165, 1.54) is 6.08 Å². The third-order valence-electron chi connectivity index (χ3n) is 1.83. The van der Waals surface area contributed by atoms with Gasteiger partial charge in [0.05, 0.1) is 23.9 Å². The lowest BCUT2D eigenvalue weighted by Gasteiger charge is -1.97. The predicted octanol–water partition coefficient (Wildman–Crippen LogP) is 2.04. The minimum Gasteiger partial charge on any atom is -0.345 e. The van der Waals surface area contributed by atoms with Crippen LogP contribution >= 0.6 is 0 Å². The topological polar surface area (TPSA) is 58.1 Å². The molecule has 1 aromatic heterocycles. The molecule has 0 bridgehead atoms. The Morgan fingerprint density at radius 3 is 3.07 bits per heavy atom. The molecule has 0 radical (unpaired) electrons. The van der Waals surface area contributed by atoms with Crippen LogP contribution in [0.5, 0.6) is 0 Å². The lowest BCUT2D eigenvalue weighted by molar-refractivity contribution is 0.565. The van der Waals surface area contributed by atoms with Crippen LogP contribution in [0.3, 0.4) is 0 Å². The maximum Gasteiger partial charge on any atom is 0.240 e. The van der Waals surface area contributed by atoms with Gasteiger partial charge in [0.25, 0.3) is 0 Å². The Bertz CT molecular complexity index is 470. The Kier molecular flexibility index (Phi) is 2.21. The van der Waals surface area contributed by atoms with E-state index in [2.05, 4.69) is 15.0 Å². The van der Waals surface area contributed by atoms with Crippen molar-refractivity contribution in [3.05, 3.63) is 36.8 Å². The number of aliphatic imine (C=N–C) groups is 1. The molecule has 0 unspecified atom stereocenters. The third-order valence-corrected chi connectivity index (χ3v) is 1.83. The number of hydrogen-bond acceptors (Lipinski definition) is 3. The van der Waals surface area contributed by atoms with E-state index in [0.717, 1.165) is 11.3 Å². The number of aromatic amines is 1. The molecule has 0 amide bonds. The van der Waals surface area contributed by atoms with Crippen LogP contribution in [0.2, 0.25) is 0 Å². The van der Waals surface area contributed by atoms with Gasteiger partial charge < -0.3 is 4.98 Å². The van der Waals surface area contributed by atoms with E-state index in [-0.39, 0.29) is 0 Å². The summed E-state index contributed by atoms with van der Waals surface area (Å²) in [4.78, 5) is 20.5. The van der Waals surface area contributed by atoms with Gasteiger partial charge in [0.15, 0.2) is 0 Å². The molecule has 1 heterocycles. The predicted molar refractivity (Wildman–Crippen MR) is 51.8 cm³/mol. The second-order valence-corrected chi connectivity index (χ2v) is 2.72. The standard InChI is InChI=1S/C10H7N3O/c14-7-13-9-3-1-2-8(4-9)10-5-11-6-12-10/h1-6H,(H,11,12). The minimum atomic E-state index is 0.590. The molecule has 0 aliphatic heterocycles. The number of hydrogen-bond donors (Lipinski definition) is 1. The molecule has 0 aliphatic carbocycles. The summed E-state index contributed by atoms with van der Waals surface area (Å²) >= 11 is 0. The number of isocyanates is 1. The van der Waals surface area contributed by atoms with Gasteiger partial charge in [-0.25, -0.2) is 9.78 Å². The molecule has 0 saturated carbocycles. The van der Waals surface area contributed by atoms with Crippen LogP contribution in [0.25, 0.3) is 11.3 Å². The second kappa shape index (κ2) is 3.68. The minimum absolute atomic E-state index is 0.590. The maximum absolute atomic E-state index is 10.1. The van der Waals surface area contributed by atoms with E-state index in [1.54, 1.807) is 24.7 Å². The molecule has 2 aromatic rings. The number of imidazole rings is 1. The Morgan fingerprint density at radius 2 is 2.36 bits per heavy atom. The molecule has 0 fully saturated rings. The molecular formula is C10H7N3O. The zero-order valence-corrected chi connectivity index (χ0v) is 7.27. The fourth-order valence-corrected chi connectivity index (χ4v) is 1.21. The van der Waals surface area contributed by atoms with Gasteiger partial charge in [0, 0.05) is 5.56 Å². The lowest BCUT2D eigenvalue weighted by atomic mass is 10.1.